The fourth-order valence-corrected chi connectivity index (χ4v) is 2.72. The molecule has 0 radical (unpaired) electrons. The van der Waals surface area contributed by atoms with Gasteiger partial charge in [0.1, 0.15) is 11.4 Å². The first-order valence-electron chi connectivity index (χ1n) is 8.91. The maximum absolute atomic E-state index is 5.50. The minimum absolute atomic E-state index is 0.325. The molecule has 0 fully saturated rings. The van der Waals surface area contributed by atoms with E-state index >= 15 is 0 Å². The van der Waals surface area contributed by atoms with Gasteiger partial charge in [-0.2, -0.15) is 0 Å². The monoisotopic (exact) mass is 360 g/mol. The van der Waals surface area contributed by atoms with E-state index in [1.807, 2.05) is 6.92 Å². The summed E-state index contributed by atoms with van der Waals surface area (Å²) in [5.41, 5.74) is 2.31. The van der Waals surface area contributed by atoms with Crippen molar-refractivity contribution in [3.8, 4) is 28.8 Å². The summed E-state index contributed by atoms with van der Waals surface area (Å²) in [5.74, 6) is 2.24. The number of anilines is 1. The number of hydrogen-bond donors (Lipinski definition) is 1. The predicted octanol–water partition coefficient (Wildman–Crippen LogP) is 3.73. The first-order valence-corrected chi connectivity index (χ1v) is 8.91. The molecule has 7 heteroatoms. The van der Waals surface area contributed by atoms with Gasteiger partial charge in [0.2, 0.25) is 5.88 Å². The van der Waals surface area contributed by atoms with E-state index in [0.29, 0.717) is 35.1 Å². The molecule has 2 rings (SSSR count). The lowest BCUT2D eigenvalue weighted by Crippen LogP contribution is -2.19. The summed E-state index contributed by atoms with van der Waals surface area (Å²) in [6.45, 7) is 6.33. The molecular formula is C19H28N4O3. The van der Waals surface area contributed by atoms with Gasteiger partial charge in [-0.3, -0.25) is 0 Å². The van der Waals surface area contributed by atoms with Gasteiger partial charge in [0, 0.05) is 18.3 Å². The highest BCUT2D eigenvalue weighted by atomic mass is 16.5. The van der Waals surface area contributed by atoms with Crippen LogP contribution in [0, 0.1) is 0 Å². The van der Waals surface area contributed by atoms with Crippen molar-refractivity contribution in [2.24, 2.45) is 0 Å². The number of aromatic nitrogens is 3. The predicted molar refractivity (Wildman–Crippen MR) is 102 cm³/mol. The number of rotatable bonds is 9. The maximum Gasteiger partial charge on any atom is 0.257 e. The van der Waals surface area contributed by atoms with Crippen molar-refractivity contribution in [2.75, 3.05) is 26.6 Å². The van der Waals surface area contributed by atoms with Gasteiger partial charge >= 0.3 is 0 Å². The Kier molecular flexibility index (Phi) is 7.00. The van der Waals surface area contributed by atoms with E-state index in [2.05, 4.69) is 24.1 Å². The van der Waals surface area contributed by atoms with Crippen LogP contribution in [0.3, 0.4) is 0 Å². The molecule has 0 saturated carbocycles. The number of ether oxygens (including phenoxy) is 3. The molecule has 0 amide bonds. The number of pyridine rings is 1. The second kappa shape index (κ2) is 9.22. The van der Waals surface area contributed by atoms with Crippen molar-refractivity contribution in [3.63, 3.8) is 0 Å². The lowest BCUT2D eigenvalue weighted by atomic mass is 10.1. The maximum atomic E-state index is 5.50. The highest BCUT2D eigenvalue weighted by Crippen LogP contribution is 2.35. The third-order valence-electron chi connectivity index (χ3n) is 4.32. The van der Waals surface area contributed by atoms with Gasteiger partial charge in [-0.25, -0.2) is 15.0 Å². The van der Waals surface area contributed by atoms with Crippen molar-refractivity contribution >= 4 is 5.82 Å². The van der Waals surface area contributed by atoms with Gasteiger partial charge in [-0.15, -0.1) is 0 Å². The van der Waals surface area contributed by atoms with Gasteiger partial charge in [-0.1, -0.05) is 20.8 Å². The van der Waals surface area contributed by atoms with Crippen LogP contribution in [0.1, 0.15) is 39.3 Å². The fraction of sp³-hybridized carbons (Fsp3) is 0.526. The molecule has 0 unspecified atom stereocenters. The summed E-state index contributed by atoms with van der Waals surface area (Å²) in [6.07, 6.45) is 4.41. The van der Waals surface area contributed by atoms with Crippen LogP contribution in [0.25, 0.3) is 11.3 Å². The van der Waals surface area contributed by atoms with Gasteiger partial charge in [-0.05, 0) is 19.3 Å². The van der Waals surface area contributed by atoms with Crippen LogP contribution < -0.4 is 19.5 Å². The van der Waals surface area contributed by atoms with Crippen molar-refractivity contribution < 1.29 is 14.2 Å². The van der Waals surface area contributed by atoms with Crippen LogP contribution in [0.2, 0.25) is 0 Å². The molecule has 0 aliphatic rings. The quantitative estimate of drug-likeness (QED) is 0.730. The second-order valence-electron chi connectivity index (χ2n) is 5.82. The molecule has 26 heavy (non-hydrogen) atoms. The van der Waals surface area contributed by atoms with Crippen molar-refractivity contribution in [2.45, 2.75) is 46.1 Å². The molecule has 1 N–H and O–H groups in total. The van der Waals surface area contributed by atoms with Crippen LogP contribution in [0.5, 0.6) is 17.5 Å². The third-order valence-corrected chi connectivity index (χ3v) is 4.32. The van der Waals surface area contributed by atoms with Crippen LogP contribution in [-0.2, 0) is 6.42 Å². The van der Waals surface area contributed by atoms with E-state index in [-0.39, 0.29) is 0 Å². The van der Waals surface area contributed by atoms with Crippen LogP contribution in [0.15, 0.2) is 12.3 Å². The molecule has 2 aromatic rings. The van der Waals surface area contributed by atoms with Crippen LogP contribution >= 0.6 is 0 Å². The summed E-state index contributed by atoms with van der Waals surface area (Å²) in [4.78, 5) is 13.8. The lowest BCUT2D eigenvalue weighted by molar-refractivity contribution is 0.382. The molecule has 0 atom stereocenters. The first kappa shape index (κ1) is 19.8. The molecule has 142 valence electrons. The molecule has 0 aromatic carbocycles. The summed E-state index contributed by atoms with van der Waals surface area (Å²) in [7, 11) is 4.78. The minimum atomic E-state index is 0.325. The fourth-order valence-electron chi connectivity index (χ4n) is 2.72. The number of nitrogens with one attached hydrogen (secondary N) is 1. The Balaban J connectivity index is 2.56. The van der Waals surface area contributed by atoms with Crippen LogP contribution in [-0.4, -0.2) is 42.3 Å². The normalized spacial score (nSPS) is 10.7. The molecule has 0 bridgehead atoms. The molecule has 0 saturated heterocycles. The minimum Gasteiger partial charge on any atom is -0.496 e. The van der Waals surface area contributed by atoms with E-state index in [1.165, 1.54) is 0 Å². The summed E-state index contributed by atoms with van der Waals surface area (Å²) >= 11 is 0. The Labute approximate surface area is 155 Å². The SMILES string of the molecule is CCc1nc(NC(CC)CC)c(OC)nc1-c1cnc(OC)cc1OC. The topological polar surface area (TPSA) is 78.4 Å². The molecule has 0 spiro atoms. The first-order chi connectivity index (χ1) is 12.6. The highest BCUT2D eigenvalue weighted by Gasteiger charge is 2.20. The van der Waals surface area contributed by atoms with Crippen LogP contribution in [0.4, 0.5) is 5.82 Å². The zero-order chi connectivity index (χ0) is 19.1. The largest absolute Gasteiger partial charge is 0.496 e. The Morgan fingerprint density at radius 2 is 1.73 bits per heavy atom. The zero-order valence-electron chi connectivity index (χ0n) is 16.4. The summed E-state index contributed by atoms with van der Waals surface area (Å²) in [6, 6.07) is 2.06. The van der Waals surface area contributed by atoms with Gasteiger partial charge < -0.3 is 19.5 Å². The zero-order valence-corrected chi connectivity index (χ0v) is 16.4. The Bertz CT molecular complexity index is 733. The van der Waals surface area contributed by atoms with Crippen molar-refractivity contribution in [3.05, 3.63) is 18.0 Å². The van der Waals surface area contributed by atoms with Crippen molar-refractivity contribution in [1.82, 2.24) is 15.0 Å². The van der Waals surface area contributed by atoms with E-state index in [4.69, 9.17) is 24.2 Å². The van der Waals surface area contributed by atoms with Gasteiger partial charge in [0.25, 0.3) is 5.88 Å². The number of hydrogen-bond acceptors (Lipinski definition) is 7. The Hall–Kier alpha value is -2.57. The Morgan fingerprint density at radius 3 is 2.27 bits per heavy atom. The smallest absolute Gasteiger partial charge is 0.257 e. The average molecular weight is 360 g/mol. The standard InChI is InChI=1S/C19H28N4O3/c1-7-12(8-2)21-18-19(26-6)23-17(14(9-3)22-18)13-11-20-16(25-5)10-15(13)24-4/h10-12H,7-9H2,1-6H3,(H,21,22). The van der Waals surface area contributed by atoms with E-state index < -0.39 is 0 Å². The van der Waals surface area contributed by atoms with E-state index in [1.54, 1.807) is 33.6 Å². The summed E-state index contributed by atoms with van der Waals surface area (Å²) < 4.78 is 16.2. The molecule has 7 nitrogen and oxygen atoms in total. The number of methoxy groups -OCH3 is 3. The molecule has 2 heterocycles. The van der Waals surface area contributed by atoms with Crippen molar-refractivity contribution in [1.29, 1.82) is 0 Å². The molecule has 0 aliphatic heterocycles. The second-order valence-corrected chi connectivity index (χ2v) is 5.82. The van der Waals surface area contributed by atoms with E-state index in [9.17, 15) is 0 Å². The lowest BCUT2D eigenvalue weighted by Gasteiger charge is -2.19. The van der Waals surface area contributed by atoms with Gasteiger partial charge in [0.15, 0.2) is 5.82 Å². The summed E-state index contributed by atoms with van der Waals surface area (Å²) in [5, 5.41) is 3.43. The van der Waals surface area contributed by atoms with Gasteiger partial charge in [0.05, 0.1) is 32.6 Å². The molecule has 2 aromatic heterocycles. The number of nitrogens with zero attached hydrogens (tertiary/aromatic N) is 3. The third kappa shape index (κ3) is 4.15. The van der Waals surface area contributed by atoms with E-state index in [0.717, 1.165) is 30.5 Å². The Morgan fingerprint density at radius 1 is 1.00 bits per heavy atom. The number of aryl methyl sites for hydroxylation is 1. The average Bonchev–Trinajstić information content (AvgIpc) is 2.70. The molecule has 0 aliphatic carbocycles. The molecular weight excluding hydrogens is 332 g/mol. The highest BCUT2D eigenvalue weighted by molar-refractivity contribution is 5.70.